The standard InChI is InChI=1S/C10H18ClNO4/c11-2-5-14-4-1-3-12-10(13)9-8-15-6-7-16-9/h9H,1-8H2,(H,12,13). The highest BCUT2D eigenvalue weighted by Crippen LogP contribution is 2.00. The summed E-state index contributed by atoms with van der Waals surface area (Å²) in [6, 6.07) is 0. The molecule has 1 N–H and O–H groups in total. The van der Waals surface area contributed by atoms with E-state index in [1.165, 1.54) is 0 Å². The molecule has 16 heavy (non-hydrogen) atoms. The normalized spacial score (nSPS) is 20.7. The van der Waals surface area contributed by atoms with Crippen LogP contribution in [0.5, 0.6) is 0 Å². The van der Waals surface area contributed by atoms with Crippen LogP contribution >= 0.6 is 11.6 Å². The Balaban J connectivity index is 1.97. The topological polar surface area (TPSA) is 56.8 Å². The first-order chi connectivity index (χ1) is 7.84. The summed E-state index contributed by atoms with van der Waals surface area (Å²) in [5, 5.41) is 2.77. The third kappa shape index (κ3) is 5.65. The van der Waals surface area contributed by atoms with Gasteiger partial charge in [0.25, 0.3) is 5.91 Å². The van der Waals surface area contributed by atoms with Crippen molar-refractivity contribution < 1.29 is 19.0 Å². The third-order valence-corrected chi connectivity index (χ3v) is 2.25. The van der Waals surface area contributed by atoms with Crippen LogP contribution in [0.2, 0.25) is 0 Å². The maximum atomic E-state index is 11.5. The number of nitrogens with one attached hydrogen (secondary N) is 1. The summed E-state index contributed by atoms with van der Waals surface area (Å²) >= 11 is 5.44. The van der Waals surface area contributed by atoms with Crippen molar-refractivity contribution in [3.8, 4) is 0 Å². The van der Waals surface area contributed by atoms with E-state index < -0.39 is 6.10 Å². The summed E-state index contributed by atoms with van der Waals surface area (Å²) < 4.78 is 15.6. The van der Waals surface area contributed by atoms with Crippen molar-refractivity contribution in [1.29, 1.82) is 0 Å². The van der Waals surface area contributed by atoms with E-state index in [1.54, 1.807) is 0 Å². The number of hydrogen-bond acceptors (Lipinski definition) is 4. The fourth-order valence-electron chi connectivity index (χ4n) is 1.30. The lowest BCUT2D eigenvalue weighted by atomic mass is 10.3. The highest BCUT2D eigenvalue weighted by Gasteiger charge is 2.21. The number of ether oxygens (including phenoxy) is 3. The molecular weight excluding hydrogens is 234 g/mol. The molecule has 0 radical (unpaired) electrons. The molecule has 0 aromatic rings. The second-order valence-electron chi connectivity index (χ2n) is 3.38. The molecule has 0 aromatic carbocycles. The van der Waals surface area contributed by atoms with E-state index in [4.69, 9.17) is 25.8 Å². The summed E-state index contributed by atoms with van der Waals surface area (Å²) in [7, 11) is 0. The van der Waals surface area contributed by atoms with Gasteiger partial charge in [-0.05, 0) is 6.42 Å². The van der Waals surface area contributed by atoms with Gasteiger partial charge in [-0.25, -0.2) is 0 Å². The van der Waals surface area contributed by atoms with Crippen molar-refractivity contribution in [3.05, 3.63) is 0 Å². The molecule has 1 aliphatic heterocycles. The van der Waals surface area contributed by atoms with Crippen molar-refractivity contribution in [2.45, 2.75) is 12.5 Å². The van der Waals surface area contributed by atoms with Crippen LogP contribution in [0.15, 0.2) is 0 Å². The fraction of sp³-hybridized carbons (Fsp3) is 0.900. The second-order valence-corrected chi connectivity index (χ2v) is 3.76. The Morgan fingerprint density at radius 3 is 3.00 bits per heavy atom. The van der Waals surface area contributed by atoms with Gasteiger partial charge in [0.15, 0.2) is 6.10 Å². The summed E-state index contributed by atoms with van der Waals surface area (Å²) in [5.74, 6) is 0.386. The van der Waals surface area contributed by atoms with Crippen molar-refractivity contribution in [1.82, 2.24) is 5.32 Å². The Labute approximate surface area is 100 Å². The third-order valence-electron chi connectivity index (χ3n) is 2.09. The van der Waals surface area contributed by atoms with E-state index in [9.17, 15) is 4.79 Å². The molecule has 94 valence electrons. The van der Waals surface area contributed by atoms with Crippen LogP contribution in [0.1, 0.15) is 6.42 Å². The van der Waals surface area contributed by atoms with E-state index in [-0.39, 0.29) is 5.91 Å². The predicted molar refractivity (Wildman–Crippen MR) is 59.7 cm³/mol. The first-order valence-corrected chi connectivity index (χ1v) is 5.99. The molecule has 0 bridgehead atoms. The SMILES string of the molecule is O=C(NCCCOCCCl)C1COCCO1. The Hall–Kier alpha value is -0.360. The van der Waals surface area contributed by atoms with E-state index in [0.29, 0.717) is 45.5 Å². The van der Waals surface area contributed by atoms with Crippen LogP contribution in [0.25, 0.3) is 0 Å². The molecule has 5 nitrogen and oxygen atoms in total. The monoisotopic (exact) mass is 251 g/mol. The lowest BCUT2D eigenvalue weighted by Gasteiger charge is -2.21. The minimum Gasteiger partial charge on any atom is -0.380 e. The van der Waals surface area contributed by atoms with Gasteiger partial charge in [-0.1, -0.05) is 0 Å². The van der Waals surface area contributed by atoms with Crippen molar-refractivity contribution in [3.63, 3.8) is 0 Å². The minimum absolute atomic E-state index is 0.114. The highest BCUT2D eigenvalue weighted by atomic mass is 35.5. The molecule has 1 rings (SSSR count). The quantitative estimate of drug-likeness (QED) is 0.518. The van der Waals surface area contributed by atoms with E-state index in [0.717, 1.165) is 6.42 Å². The highest BCUT2D eigenvalue weighted by molar-refractivity contribution is 6.17. The minimum atomic E-state index is -0.461. The number of carbonyl (C=O) groups is 1. The summed E-state index contributed by atoms with van der Waals surface area (Å²) in [5.41, 5.74) is 0. The Bertz CT molecular complexity index is 197. The van der Waals surface area contributed by atoms with Gasteiger partial charge in [-0.3, -0.25) is 4.79 Å². The van der Waals surface area contributed by atoms with Gasteiger partial charge >= 0.3 is 0 Å². The molecule has 0 aromatic heterocycles. The molecule has 1 atom stereocenters. The number of amides is 1. The lowest BCUT2D eigenvalue weighted by Crippen LogP contribution is -2.43. The molecule has 1 saturated heterocycles. The largest absolute Gasteiger partial charge is 0.380 e. The Morgan fingerprint density at radius 1 is 1.44 bits per heavy atom. The van der Waals surface area contributed by atoms with Gasteiger partial charge in [0, 0.05) is 19.0 Å². The number of carbonyl (C=O) groups excluding carboxylic acids is 1. The maximum absolute atomic E-state index is 11.5. The summed E-state index contributed by atoms with van der Waals surface area (Å²) in [6.45, 7) is 3.13. The van der Waals surface area contributed by atoms with Crippen molar-refractivity contribution in [2.24, 2.45) is 0 Å². The van der Waals surface area contributed by atoms with Gasteiger partial charge in [0.1, 0.15) is 0 Å². The Kier molecular flexibility index (Phi) is 7.50. The van der Waals surface area contributed by atoms with Crippen LogP contribution in [0.3, 0.4) is 0 Å². The second kappa shape index (κ2) is 8.75. The van der Waals surface area contributed by atoms with Gasteiger partial charge in [-0.15, -0.1) is 11.6 Å². The smallest absolute Gasteiger partial charge is 0.251 e. The van der Waals surface area contributed by atoms with Crippen LogP contribution in [-0.4, -0.2) is 57.5 Å². The zero-order valence-electron chi connectivity index (χ0n) is 9.25. The first kappa shape index (κ1) is 13.7. The molecule has 6 heteroatoms. The van der Waals surface area contributed by atoms with Crippen LogP contribution in [-0.2, 0) is 19.0 Å². The number of hydrogen-bond donors (Lipinski definition) is 1. The molecule has 1 amide bonds. The molecule has 0 saturated carbocycles. The Morgan fingerprint density at radius 2 is 2.31 bits per heavy atom. The molecule has 0 aliphatic carbocycles. The van der Waals surface area contributed by atoms with Crippen LogP contribution < -0.4 is 5.32 Å². The van der Waals surface area contributed by atoms with Gasteiger partial charge in [0.05, 0.1) is 26.4 Å². The van der Waals surface area contributed by atoms with E-state index in [1.807, 2.05) is 0 Å². The summed E-state index contributed by atoms with van der Waals surface area (Å²) in [4.78, 5) is 11.5. The van der Waals surface area contributed by atoms with E-state index in [2.05, 4.69) is 5.32 Å². The van der Waals surface area contributed by atoms with Gasteiger partial charge in [0.2, 0.25) is 0 Å². The van der Waals surface area contributed by atoms with Crippen molar-refractivity contribution >= 4 is 17.5 Å². The number of halogens is 1. The molecule has 1 aliphatic rings. The van der Waals surface area contributed by atoms with Gasteiger partial charge in [-0.2, -0.15) is 0 Å². The molecule has 1 fully saturated rings. The zero-order chi connectivity index (χ0) is 11.6. The molecular formula is C10H18ClNO4. The average molecular weight is 252 g/mol. The van der Waals surface area contributed by atoms with Crippen LogP contribution in [0, 0.1) is 0 Å². The average Bonchev–Trinajstić information content (AvgIpc) is 2.34. The first-order valence-electron chi connectivity index (χ1n) is 5.45. The molecule has 1 heterocycles. The predicted octanol–water partition coefficient (Wildman–Crippen LogP) is 0.163. The van der Waals surface area contributed by atoms with Crippen LogP contribution in [0.4, 0.5) is 0 Å². The molecule has 1 unspecified atom stereocenters. The van der Waals surface area contributed by atoms with Gasteiger partial charge < -0.3 is 19.5 Å². The molecule has 0 spiro atoms. The lowest BCUT2D eigenvalue weighted by molar-refractivity contribution is -0.147. The zero-order valence-corrected chi connectivity index (χ0v) is 10.0. The fourth-order valence-corrected chi connectivity index (χ4v) is 1.40. The van der Waals surface area contributed by atoms with E-state index >= 15 is 0 Å². The maximum Gasteiger partial charge on any atom is 0.251 e. The summed E-state index contributed by atoms with van der Waals surface area (Å²) in [6.07, 6.45) is 0.313. The number of rotatable bonds is 7. The van der Waals surface area contributed by atoms with Crippen molar-refractivity contribution in [2.75, 3.05) is 45.5 Å². The number of alkyl halides is 1.